The number of pyridine rings is 1. The van der Waals surface area contributed by atoms with Gasteiger partial charge in [0, 0.05) is 44.6 Å². The van der Waals surface area contributed by atoms with Crippen molar-refractivity contribution in [1.29, 1.82) is 0 Å². The summed E-state index contributed by atoms with van der Waals surface area (Å²) in [4.78, 5) is 0. The van der Waals surface area contributed by atoms with Crippen molar-refractivity contribution in [3.05, 3.63) is 61.0 Å². The topological polar surface area (TPSA) is 19.5 Å². The van der Waals surface area contributed by atoms with Gasteiger partial charge in [0.25, 0.3) is 0 Å². The summed E-state index contributed by atoms with van der Waals surface area (Å²) in [6.07, 6.45) is 11.8. The first-order valence-electron chi connectivity index (χ1n) is 7.17. The molecule has 1 aliphatic heterocycles. The Morgan fingerprint density at radius 3 is 2.67 bits per heavy atom. The number of hydrogen-bond donors (Lipinski definition) is 0. The van der Waals surface area contributed by atoms with Gasteiger partial charge in [0.15, 0.2) is 11.7 Å². The third kappa shape index (κ3) is 2.72. The lowest BCUT2D eigenvalue weighted by Gasteiger charge is -2.19. The number of anilines is 1. The van der Waals surface area contributed by atoms with Crippen LogP contribution in [0.4, 0.5) is 5.69 Å². The first-order chi connectivity index (χ1) is 10.1. The Labute approximate surface area is 125 Å². The Balaban J connectivity index is 2.21. The van der Waals surface area contributed by atoms with E-state index in [9.17, 15) is 0 Å². The molecule has 0 spiro atoms. The smallest absolute Gasteiger partial charge is 0.213 e. The summed E-state index contributed by atoms with van der Waals surface area (Å²) in [5.41, 5.74) is 2.29. The minimum atomic E-state index is 0.00708. The van der Waals surface area contributed by atoms with Gasteiger partial charge < -0.3 is 0 Å². The van der Waals surface area contributed by atoms with Crippen molar-refractivity contribution in [3.63, 3.8) is 0 Å². The normalized spacial score (nSPS) is 14.7. The summed E-state index contributed by atoms with van der Waals surface area (Å²) in [6, 6.07) is 10.6. The van der Waals surface area contributed by atoms with E-state index in [0.29, 0.717) is 0 Å². The van der Waals surface area contributed by atoms with E-state index < -0.39 is 0 Å². The molecule has 2 heterocycles. The van der Waals surface area contributed by atoms with Crippen LogP contribution in [-0.4, -0.2) is 6.21 Å². The predicted octanol–water partition coefficient (Wildman–Crippen LogP) is 3.76. The molecule has 106 valence electrons. The van der Waals surface area contributed by atoms with Gasteiger partial charge >= 0.3 is 0 Å². The van der Waals surface area contributed by atoms with Gasteiger partial charge in [0.2, 0.25) is 5.52 Å². The summed E-state index contributed by atoms with van der Waals surface area (Å²) in [5, 5.41) is 7.56. The summed E-state index contributed by atoms with van der Waals surface area (Å²) >= 11 is 0. The SMILES string of the molecule is CC(C)(C)[n+]1cc(N2C=CC=CC=N2)cc2ccccc21. The second kappa shape index (κ2) is 5.17. The van der Waals surface area contributed by atoms with E-state index in [1.807, 2.05) is 29.4 Å². The van der Waals surface area contributed by atoms with Crippen LogP contribution in [0.25, 0.3) is 10.9 Å². The van der Waals surface area contributed by atoms with Crippen molar-refractivity contribution in [2.24, 2.45) is 5.10 Å². The molecule has 1 aromatic carbocycles. The monoisotopic (exact) mass is 278 g/mol. The van der Waals surface area contributed by atoms with Crippen LogP contribution in [0, 0.1) is 0 Å². The first kappa shape index (κ1) is 13.6. The van der Waals surface area contributed by atoms with E-state index in [4.69, 9.17) is 0 Å². The molecule has 21 heavy (non-hydrogen) atoms. The standard InChI is InChI=1S/C18H20N3/c1-18(2,3)20-14-16(21-12-8-4-7-11-19-21)13-15-9-5-6-10-17(15)20/h4-14H,1-3H3/q+1. The number of para-hydroxylation sites is 1. The number of hydrogen-bond acceptors (Lipinski definition) is 2. The van der Waals surface area contributed by atoms with E-state index in [2.05, 4.69) is 67.0 Å². The van der Waals surface area contributed by atoms with Crippen LogP contribution >= 0.6 is 0 Å². The van der Waals surface area contributed by atoms with Crippen molar-refractivity contribution >= 4 is 22.8 Å². The second-order valence-electron chi connectivity index (χ2n) is 6.13. The summed E-state index contributed by atoms with van der Waals surface area (Å²) < 4.78 is 2.30. The number of rotatable bonds is 1. The molecule has 0 N–H and O–H groups in total. The lowest BCUT2D eigenvalue weighted by atomic mass is 10.1. The molecule has 0 unspecified atom stereocenters. The zero-order valence-corrected chi connectivity index (χ0v) is 12.7. The molecule has 0 atom stereocenters. The molecule has 0 fully saturated rings. The van der Waals surface area contributed by atoms with E-state index in [-0.39, 0.29) is 5.54 Å². The third-order valence-electron chi connectivity index (χ3n) is 3.47. The highest BCUT2D eigenvalue weighted by molar-refractivity contribution is 5.80. The van der Waals surface area contributed by atoms with Crippen molar-refractivity contribution in [3.8, 4) is 0 Å². The van der Waals surface area contributed by atoms with Crippen LogP contribution in [0.15, 0.2) is 66.1 Å². The largest absolute Gasteiger partial charge is 0.235 e. The lowest BCUT2D eigenvalue weighted by Crippen LogP contribution is -2.50. The third-order valence-corrected chi connectivity index (χ3v) is 3.47. The highest BCUT2D eigenvalue weighted by Gasteiger charge is 2.26. The van der Waals surface area contributed by atoms with Crippen LogP contribution in [-0.2, 0) is 5.54 Å². The Hall–Kier alpha value is -2.42. The molecule has 1 aliphatic rings. The van der Waals surface area contributed by atoms with Crippen molar-refractivity contribution in [1.82, 2.24) is 0 Å². The minimum Gasteiger partial charge on any atom is -0.235 e. The van der Waals surface area contributed by atoms with Crippen molar-refractivity contribution < 1.29 is 4.57 Å². The van der Waals surface area contributed by atoms with Crippen molar-refractivity contribution in [2.75, 3.05) is 5.01 Å². The van der Waals surface area contributed by atoms with Crippen LogP contribution in [0.2, 0.25) is 0 Å². The number of nitrogens with zero attached hydrogens (tertiary/aromatic N) is 3. The number of aromatic nitrogens is 1. The quantitative estimate of drug-likeness (QED) is 0.727. The molecule has 1 aromatic heterocycles. The Morgan fingerprint density at radius 1 is 1.05 bits per heavy atom. The summed E-state index contributed by atoms with van der Waals surface area (Å²) in [6.45, 7) is 6.64. The van der Waals surface area contributed by atoms with Gasteiger partial charge in [-0.25, -0.2) is 5.01 Å². The maximum absolute atomic E-state index is 4.44. The van der Waals surface area contributed by atoms with Gasteiger partial charge in [0.1, 0.15) is 5.69 Å². The molecule has 0 saturated heterocycles. The van der Waals surface area contributed by atoms with Crippen molar-refractivity contribution in [2.45, 2.75) is 26.3 Å². The summed E-state index contributed by atoms with van der Waals surface area (Å²) in [5.74, 6) is 0. The molecule has 2 aromatic rings. The molecule has 0 radical (unpaired) electrons. The molecule has 0 amide bonds. The number of fused-ring (bicyclic) bond motifs is 1. The van der Waals surface area contributed by atoms with Gasteiger partial charge in [0.05, 0.1) is 0 Å². The fraction of sp³-hybridized carbons (Fsp3) is 0.222. The molecule has 3 rings (SSSR count). The zero-order valence-electron chi connectivity index (χ0n) is 12.7. The van der Waals surface area contributed by atoms with E-state index >= 15 is 0 Å². The average Bonchev–Trinajstić information content (AvgIpc) is 2.74. The molecular formula is C18H20N3+. The highest BCUT2D eigenvalue weighted by atomic mass is 15.4. The van der Waals surface area contributed by atoms with Gasteiger partial charge in [-0.15, -0.1) is 0 Å². The fourth-order valence-electron chi connectivity index (χ4n) is 2.45. The summed E-state index contributed by atoms with van der Waals surface area (Å²) in [7, 11) is 0. The van der Waals surface area contributed by atoms with Gasteiger partial charge in [-0.3, -0.25) is 0 Å². The maximum atomic E-state index is 4.44. The van der Waals surface area contributed by atoms with E-state index in [1.165, 1.54) is 10.9 Å². The predicted molar refractivity (Wildman–Crippen MR) is 88.4 cm³/mol. The Kier molecular flexibility index (Phi) is 3.34. The number of benzene rings is 1. The average molecular weight is 278 g/mol. The van der Waals surface area contributed by atoms with E-state index in [0.717, 1.165) is 5.69 Å². The minimum absolute atomic E-state index is 0.00708. The number of hydrazone groups is 1. The van der Waals surface area contributed by atoms with Crippen LogP contribution < -0.4 is 9.58 Å². The zero-order chi connectivity index (χ0) is 14.9. The van der Waals surface area contributed by atoms with Crippen LogP contribution in [0.1, 0.15) is 20.8 Å². The van der Waals surface area contributed by atoms with E-state index in [1.54, 1.807) is 6.21 Å². The van der Waals surface area contributed by atoms with Gasteiger partial charge in [-0.2, -0.15) is 9.67 Å². The molecular weight excluding hydrogens is 258 g/mol. The highest BCUT2D eigenvalue weighted by Crippen LogP contribution is 2.22. The van der Waals surface area contributed by atoms with Crippen LogP contribution in [0.3, 0.4) is 0 Å². The number of allylic oxidation sites excluding steroid dienone is 3. The second-order valence-corrected chi connectivity index (χ2v) is 6.13. The first-order valence-corrected chi connectivity index (χ1v) is 7.17. The van der Waals surface area contributed by atoms with Gasteiger partial charge in [-0.1, -0.05) is 18.2 Å². The fourth-order valence-corrected chi connectivity index (χ4v) is 2.45. The lowest BCUT2D eigenvalue weighted by molar-refractivity contribution is -0.730. The van der Waals surface area contributed by atoms with Crippen LogP contribution in [0.5, 0.6) is 0 Å². The maximum Gasteiger partial charge on any atom is 0.213 e. The van der Waals surface area contributed by atoms with Gasteiger partial charge in [-0.05, 0) is 24.3 Å². The Morgan fingerprint density at radius 2 is 1.86 bits per heavy atom. The molecule has 3 nitrogen and oxygen atoms in total. The molecule has 0 bridgehead atoms. The molecule has 0 aliphatic carbocycles. The Bertz CT molecular complexity index is 733. The molecule has 3 heteroatoms. The molecule has 0 saturated carbocycles.